The highest BCUT2D eigenvalue weighted by molar-refractivity contribution is 5.86. The van der Waals surface area contributed by atoms with E-state index in [-0.39, 0.29) is 5.91 Å². The number of hydrogen-bond acceptors (Lipinski definition) is 2. The van der Waals surface area contributed by atoms with Crippen molar-refractivity contribution in [1.82, 2.24) is 5.32 Å². The molecule has 1 aromatic rings. The smallest absolute Gasteiger partial charge is 0.254 e. The Morgan fingerprint density at radius 1 is 1.13 bits per heavy atom. The molecule has 80 valence electrons. The summed E-state index contributed by atoms with van der Waals surface area (Å²) in [6.07, 6.45) is 0. The molecule has 0 spiro atoms. The van der Waals surface area contributed by atoms with Gasteiger partial charge in [-0.15, -0.1) is 0 Å². The summed E-state index contributed by atoms with van der Waals surface area (Å²) < 4.78 is 5.77. The first-order valence-electron chi connectivity index (χ1n) is 5.02. The molecule has 0 saturated carbocycles. The van der Waals surface area contributed by atoms with Gasteiger partial charge in [0.25, 0.3) is 5.91 Å². The summed E-state index contributed by atoms with van der Waals surface area (Å²) in [5.74, 6) is -0.0751. The average Bonchev–Trinajstić information content (AvgIpc) is 2.38. The molecule has 0 aromatic heterocycles. The molecule has 3 nitrogen and oxygen atoms in total. The third kappa shape index (κ3) is 1.63. The number of nitrogens with one attached hydrogen (secondary N) is 1. The van der Waals surface area contributed by atoms with Gasteiger partial charge in [-0.2, -0.15) is 0 Å². The lowest BCUT2D eigenvalue weighted by Gasteiger charge is -2.25. The van der Waals surface area contributed by atoms with Gasteiger partial charge in [0.2, 0.25) is 0 Å². The lowest BCUT2D eigenvalue weighted by molar-refractivity contribution is -0.133. The topological polar surface area (TPSA) is 38.3 Å². The summed E-state index contributed by atoms with van der Waals surface area (Å²) >= 11 is 0. The molecule has 1 aliphatic rings. The fourth-order valence-corrected chi connectivity index (χ4v) is 1.84. The molecule has 1 unspecified atom stereocenters. The predicted octanol–water partition coefficient (Wildman–Crippen LogP) is 1.78. The molecule has 3 heteroatoms. The van der Waals surface area contributed by atoms with Crippen LogP contribution >= 0.6 is 0 Å². The van der Waals surface area contributed by atoms with E-state index < -0.39 is 11.3 Å². The van der Waals surface area contributed by atoms with Gasteiger partial charge in [0.1, 0.15) is 5.60 Å². The van der Waals surface area contributed by atoms with E-state index >= 15 is 0 Å². The van der Waals surface area contributed by atoms with Crippen molar-refractivity contribution in [3.63, 3.8) is 0 Å². The summed E-state index contributed by atoms with van der Waals surface area (Å²) in [6, 6.07) is 9.70. The molecular formula is C12H15NO2. The Bertz CT molecular complexity index is 386. The standard InChI is InChI=1S/C12H15NO2/c1-11(2)10(14)13-12(3,15-11)9-7-5-4-6-8-9/h4-8H,1-3H3,(H,13,14). The van der Waals surface area contributed by atoms with E-state index in [1.165, 1.54) is 0 Å². The number of ether oxygens (including phenoxy) is 1. The monoisotopic (exact) mass is 205 g/mol. The van der Waals surface area contributed by atoms with Gasteiger partial charge in [0, 0.05) is 5.56 Å². The Labute approximate surface area is 89.4 Å². The van der Waals surface area contributed by atoms with Crippen LogP contribution in [0.1, 0.15) is 26.3 Å². The number of carbonyl (C=O) groups excluding carboxylic acids is 1. The third-order valence-corrected chi connectivity index (χ3v) is 2.68. The minimum absolute atomic E-state index is 0.0751. The van der Waals surface area contributed by atoms with Crippen LogP contribution in [0.25, 0.3) is 0 Å². The number of amides is 1. The first-order valence-corrected chi connectivity index (χ1v) is 5.02. The third-order valence-electron chi connectivity index (χ3n) is 2.68. The Balaban J connectivity index is 2.36. The molecule has 1 amide bonds. The van der Waals surface area contributed by atoms with Crippen molar-refractivity contribution in [2.45, 2.75) is 32.1 Å². The number of rotatable bonds is 1. The van der Waals surface area contributed by atoms with Crippen molar-refractivity contribution in [3.8, 4) is 0 Å². The zero-order valence-corrected chi connectivity index (χ0v) is 9.20. The van der Waals surface area contributed by atoms with Crippen molar-refractivity contribution in [2.75, 3.05) is 0 Å². The van der Waals surface area contributed by atoms with Crippen LogP contribution in [0.3, 0.4) is 0 Å². The fourth-order valence-electron chi connectivity index (χ4n) is 1.84. The maximum Gasteiger partial charge on any atom is 0.254 e. The van der Waals surface area contributed by atoms with Gasteiger partial charge in [0.05, 0.1) is 0 Å². The van der Waals surface area contributed by atoms with Crippen LogP contribution in [0.2, 0.25) is 0 Å². The van der Waals surface area contributed by atoms with E-state index in [9.17, 15) is 4.79 Å². The SMILES string of the molecule is CC1(C)OC(C)(c2ccccc2)NC1=O. The summed E-state index contributed by atoms with van der Waals surface area (Å²) in [5, 5.41) is 2.88. The van der Waals surface area contributed by atoms with Crippen LogP contribution in [0.4, 0.5) is 0 Å². The van der Waals surface area contributed by atoms with Crippen molar-refractivity contribution in [1.29, 1.82) is 0 Å². The van der Waals surface area contributed by atoms with Gasteiger partial charge in [-0.05, 0) is 20.8 Å². The molecule has 1 fully saturated rings. The first kappa shape index (κ1) is 10.2. The van der Waals surface area contributed by atoms with Crippen molar-refractivity contribution in [3.05, 3.63) is 35.9 Å². The molecule has 2 rings (SSSR count). The molecule has 0 bridgehead atoms. The molecule has 0 aliphatic carbocycles. The Hall–Kier alpha value is -1.35. The summed E-state index contributed by atoms with van der Waals surface area (Å²) in [6.45, 7) is 5.42. The van der Waals surface area contributed by atoms with E-state index in [0.29, 0.717) is 0 Å². The van der Waals surface area contributed by atoms with E-state index in [1.54, 1.807) is 13.8 Å². The Morgan fingerprint density at radius 3 is 2.20 bits per heavy atom. The van der Waals surface area contributed by atoms with Gasteiger partial charge >= 0.3 is 0 Å². The van der Waals surface area contributed by atoms with Crippen molar-refractivity contribution < 1.29 is 9.53 Å². The quantitative estimate of drug-likeness (QED) is 0.759. The van der Waals surface area contributed by atoms with Gasteiger partial charge in [0.15, 0.2) is 5.72 Å². The maximum atomic E-state index is 11.6. The number of benzene rings is 1. The van der Waals surface area contributed by atoms with Crippen LogP contribution < -0.4 is 5.32 Å². The van der Waals surface area contributed by atoms with Crippen LogP contribution in [0.15, 0.2) is 30.3 Å². The zero-order chi connectivity index (χ0) is 11.1. The van der Waals surface area contributed by atoms with E-state index in [4.69, 9.17) is 4.74 Å². The first-order chi connectivity index (χ1) is 6.94. The van der Waals surface area contributed by atoms with Gasteiger partial charge in [-0.25, -0.2) is 0 Å². The highest BCUT2D eigenvalue weighted by Crippen LogP contribution is 2.33. The average molecular weight is 205 g/mol. The largest absolute Gasteiger partial charge is 0.336 e. The summed E-state index contributed by atoms with van der Waals surface area (Å²) in [5.41, 5.74) is -0.504. The molecule has 1 atom stereocenters. The van der Waals surface area contributed by atoms with Crippen LogP contribution in [0.5, 0.6) is 0 Å². The van der Waals surface area contributed by atoms with Crippen molar-refractivity contribution >= 4 is 5.91 Å². The highest BCUT2D eigenvalue weighted by Gasteiger charge is 2.48. The second kappa shape index (κ2) is 3.07. The molecule has 1 aliphatic heterocycles. The van der Waals surface area contributed by atoms with E-state index in [2.05, 4.69) is 5.32 Å². The van der Waals surface area contributed by atoms with E-state index in [1.807, 2.05) is 37.3 Å². The summed E-state index contributed by atoms with van der Waals surface area (Å²) in [7, 11) is 0. The van der Waals surface area contributed by atoms with E-state index in [0.717, 1.165) is 5.56 Å². The number of carbonyl (C=O) groups is 1. The van der Waals surface area contributed by atoms with Crippen molar-refractivity contribution in [2.24, 2.45) is 0 Å². The Morgan fingerprint density at radius 2 is 1.73 bits per heavy atom. The van der Waals surface area contributed by atoms with Gasteiger partial charge in [-0.3, -0.25) is 4.79 Å². The lowest BCUT2D eigenvalue weighted by atomic mass is 10.1. The normalized spacial score (nSPS) is 28.9. The van der Waals surface area contributed by atoms with Crippen LogP contribution in [-0.4, -0.2) is 11.5 Å². The molecule has 1 heterocycles. The molecular weight excluding hydrogens is 190 g/mol. The van der Waals surface area contributed by atoms with Crippen LogP contribution in [-0.2, 0) is 15.3 Å². The number of hydrogen-bond donors (Lipinski definition) is 1. The Kier molecular flexibility index (Phi) is 2.08. The minimum Gasteiger partial charge on any atom is -0.336 e. The van der Waals surface area contributed by atoms with Gasteiger partial charge < -0.3 is 10.1 Å². The maximum absolute atomic E-state index is 11.6. The highest BCUT2D eigenvalue weighted by atomic mass is 16.6. The molecule has 1 N–H and O–H groups in total. The zero-order valence-electron chi connectivity index (χ0n) is 9.20. The second-order valence-electron chi connectivity index (χ2n) is 4.47. The van der Waals surface area contributed by atoms with Gasteiger partial charge in [-0.1, -0.05) is 30.3 Å². The fraction of sp³-hybridized carbons (Fsp3) is 0.417. The predicted molar refractivity (Wildman–Crippen MR) is 57.1 cm³/mol. The van der Waals surface area contributed by atoms with Crippen LogP contribution in [0, 0.1) is 0 Å². The minimum atomic E-state index is -0.759. The molecule has 1 saturated heterocycles. The molecule has 15 heavy (non-hydrogen) atoms. The second-order valence-corrected chi connectivity index (χ2v) is 4.47. The molecule has 0 radical (unpaired) electrons. The molecule has 1 aromatic carbocycles. The summed E-state index contributed by atoms with van der Waals surface area (Å²) in [4.78, 5) is 11.6. The lowest BCUT2D eigenvalue weighted by Crippen LogP contribution is -2.37.